The highest BCUT2D eigenvalue weighted by Crippen LogP contribution is 2.28. The van der Waals surface area contributed by atoms with Gasteiger partial charge in [0, 0.05) is 5.56 Å². The van der Waals surface area contributed by atoms with Gasteiger partial charge in [0.15, 0.2) is 0 Å². The third kappa shape index (κ3) is 2.43. The first kappa shape index (κ1) is 12.8. The lowest BCUT2D eigenvalue weighted by atomic mass is 10.1. The minimum atomic E-state index is 0.112. The van der Waals surface area contributed by atoms with E-state index in [1.807, 2.05) is 6.92 Å². The van der Waals surface area contributed by atoms with Gasteiger partial charge in [0.1, 0.15) is 10.8 Å². The van der Waals surface area contributed by atoms with Crippen molar-refractivity contribution in [2.24, 2.45) is 5.73 Å². The fourth-order valence-corrected chi connectivity index (χ4v) is 2.83. The number of nitrogen functional groups attached to an aromatic ring is 1. The first-order chi connectivity index (χ1) is 8.65. The van der Waals surface area contributed by atoms with E-state index in [1.54, 1.807) is 0 Å². The van der Waals surface area contributed by atoms with Crippen molar-refractivity contribution in [3.63, 3.8) is 0 Å². The van der Waals surface area contributed by atoms with Gasteiger partial charge in [-0.3, -0.25) is 5.41 Å². The molecule has 1 heterocycles. The van der Waals surface area contributed by atoms with Crippen LogP contribution in [0, 0.1) is 5.41 Å². The van der Waals surface area contributed by atoms with Crippen LogP contribution in [0.1, 0.15) is 30.0 Å². The number of hydrogen-bond acceptors (Lipinski definition) is 3. The van der Waals surface area contributed by atoms with Gasteiger partial charge in [-0.15, -0.1) is 11.3 Å². The first-order valence-electron chi connectivity index (χ1n) is 6.09. The summed E-state index contributed by atoms with van der Waals surface area (Å²) in [5.74, 6) is 0.112. The summed E-state index contributed by atoms with van der Waals surface area (Å²) < 4.78 is 0. The second-order valence-corrected chi connectivity index (χ2v) is 5.11. The zero-order valence-electron chi connectivity index (χ0n) is 10.7. The third-order valence-electron chi connectivity index (χ3n) is 2.89. The second kappa shape index (κ2) is 5.31. The Bertz CT molecular complexity index is 555. The van der Waals surface area contributed by atoms with Crippen LogP contribution >= 0.6 is 11.3 Å². The van der Waals surface area contributed by atoms with Crippen molar-refractivity contribution in [1.29, 1.82) is 5.41 Å². The van der Waals surface area contributed by atoms with E-state index < -0.39 is 0 Å². The number of aryl methyl sites for hydroxylation is 2. The van der Waals surface area contributed by atoms with Crippen molar-refractivity contribution >= 4 is 17.2 Å². The highest BCUT2D eigenvalue weighted by molar-refractivity contribution is 7.17. The summed E-state index contributed by atoms with van der Waals surface area (Å²) in [6, 6.07) is 8.41. The summed E-state index contributed by atoms with van der Waals surface area (Å²) in [6.45, 7) is 4.17. The molecule has 0 aliphatic heterocycles. The van der Waals surface area contributed by atoms with E-state index in [2.05, 4.69) is 36.2 Å². The van der Waals surface area contributed by atoms with Gasteiger partial charge in [-0.1, -0.05) is 38.1 Å². The maximum atomic E-state index is 7.57. The van der Waals surface area contributed by atoms with Crippen LogP contribution in [-0.2, 0) is 12.8 Å². The maximum absolute atomic E-state index is 7.57. The number of nitrogens with one attached hydrogen (secondary N) is 1. The summed E-state index contributed by atoms with van der Waals surface area (Å²) in [5, 5.41) is 8.51. The van der Waals surface area contributed by atoms with Crippen molar-refractivity contribution in [2.75, 3.05) is 0 Å². The number of amidine groups is 1. The van der Waals surface area contributed by atoms with Crippen LogP contribution in [0.2, 0.25) is 0 Å². The van der Waals surface area contributed by atoms with Gasteiger partial charge in [0.05, 0.1) is 10.6 Å². The van der Waals surface area contributed by atoms with Crippen LogP contribution in [0.25, 0.3) is 10.6 Å². The molecule has 0 unspecified atom stereocenters. The maximum Gasteiger partial charge on any atom is 0.135 e. The zero-order chi connectivity index (χ0) is 13.1. The Kier molecular flexibility index (Phi) is 3.77. The molecule has 0 amide bonds. The Balaban J connectivity index is 2.40. The summed E-state index contributed by atoms with van der Waals surface area (Å²) in [7, 11) is 0. The van der Waals surface area contributed by atoms with Crippen LogP contribution in [-0.4, -0.2) is 10.8 Å². The fourth-order valence-electron chi connectivity index (χ4n) is 1.81. The van der Waals surface area contributed by atoms with Crippen LogP contribution in [0.4, 0.5) is 0 Å². The fraction of sp³-hybridized carbons (Fsp3) is 0.286. The molecule has 94 valence electrons. The highest BCUT2D eigenvalue weighted by Gasteiger charge is 2.13. The summed E-state index contributed by atoms with van der Waals surface area (Å²) in [4.78, 5) is 5.37. The number of benzene rings is 1. The lowest BCUT2D eigenvalue weighted by molar-refractivity contribution is 1.06. The molecular weight excluding hydrogens is 242 g/mol. The smallest absolute Gasteiger partial charge is 0.135 e. The van der Waals surface area contributed by atoms with Gasteiger partial charge in [-0.05, 0) is 18.4 Å². The Hall–Kier alpha value is -1.68. The van der Waals surface area contributed by atoms with Crippen molar-refractivity contribution in [1.82, 2.24) is 4.98 Å². The monoisotopic (exact) mass is 259 g/mol. The molecule has 1 aromatic carbocycles. The van der Waals surface area contributed by atoms with E-state index in [1.165, 1.54) is 16.9 Å². The van der Waals surface area contributed by atoms with Gasteiger partial charge in [0.2, 0.25) is 0 Å². The first-order valence-corrected chi connectivity index (χ1v) is 6.90. The standard InChI is InChI=1S/C14H17N3S/c1-3-9-5-7-10(8-6-9)14-17-11(4-2)12(18-14)13(15)16/h5-8H,3-4H2,1-2H3,(H3,15,16). The molecule has 0 radical (unpaired) electrons. The molecule has 0 aliphatic carbocycles. The van der Waals surface area contributed by atoms with Gasteiger partial charge in [-0.25, -0.2) is 4.98 Å². The van der Waals surface area contributed by atoms with Crippen molar-refractivity contribution in [3.05, 3.63) is 40.4 Å². The molecule has 3 N–H and O–H groups in total. The Morgan fingerprint density at radius 3 is 2.33 bits per heavy atom. The molecule has 2 aromatic rings. The van der Waals surface area contributed by atoms with E-state index in [4.69, 9.17) is 11.1 Å². The van der Waals surface area contributed by atoms with Crippen LogP contribution in [0.5, 0.6) is 0 Å². The molecule has 0 fully saturated rings. The molecule has 1 aromatic heterocycles. The van der Waals surface area contributed by atoms with Crippen molar-refractivity contribution in [3.8, 4) is 10.6 Å². The zero-order valence-corrected chi connectivity index (χ0v) is 11.5. The molecule has 3 nitrogen and oxygen atoms in total. The van der Waals surface area contributed by atoms with Crippen LogP contribution < -0.4 is 5.73 Å². The van der Waals surface area contributed by atoms with Crippen LogP contribution in [0.15, 0.2) is 24.3 Å². The second-order valence-electron chi connectivity index (χ2n) is 4.11. The quantitative estimate of drug-likeness (QED) is 0.654. The Morgan fingerprint density at radius 2 is 1.89 bits per heavy atom. The van der Waals surface area contributed by atoms with E-state index in [-0.39, 0.29) is 5.84 Å². The summed E-state index contributed by atoms with van der Waals surface area (Å²) in [6.07, 6.45) is 1.84. The normalized spacial score (nSPS) is 10.6. The van der Waals surface area contributed by atoms with E-state index >= 15 is 0 Å². The molecule has 0 bridgehead atoms. The van der Waals surface area contributed by atoms with Gasteiger partial charge >= 0.3 is 0 Å². The van der Waals surface area contributed by atoms with Gasteiger partial charge < -0.3 is 5.73 Å². The minimum absolute atomic E-state index is 0.112. The number of nitrogens with zero attached hydrogens (tertiary/aromatic N) is 1. The topological polar surface area (TPSA) is 62.8 Å². The predicted molar refractivity (Wildman–Crippen MR) is 77.3 cm³/mol. The molecule has 0 saturated carbocycles. The Morgan fingerprint density at radius 1 is 1.22 bits per heavy atom. The number of hydrogen-bond donors (Lipinski definition) is 2. The molecule has 0 atom stereocenters. The van der Waals surface area contributed by atoms with E-state index in [0.29, 0.717) is 0 Å². The van der Waals surface area contributed by atoms with Gasteiger partial charge in [-0.2, -0.15) is 0 Å². The molecule has 0 aliphatic rings. The number of rotatable bonds is 4. The number of thiazole rings is 1. The lowest BCUT2D eigenvalue weighted by Gasteiger charge is -1.98. The average molecular weight is 259 g/mol. The van der Waals surface area contributed by atoms with E-state index in [9.17, 15) is 0 Å². The average Bonchev–Trinajstić information content (AvgIpc) is 2.83. The third-order valence-corrected chi connectivity index (χ3v) is 4.07. The number of nitrogens with two attached hydrogens (primary N) is 1. The largest absolute Gasteiger partial charge is 0.383 e. The molecule has 0 spiro atoms. The molecular formula is C14H17N3S. The SMILES string of the molecule is CCc1ccc(-c2nc(CC)c(C(=N)N)s2)cc1. The predicted octanol–water partition coefficient (Wildman–Crippen LogP) is 3.22. The van der Waals surface area contributed by atoms with Crippen LogP contribution in [0.3, 0.4) is 0 Å². The Labute approximate surface area is 111 Å². The van der Waals surface area contributed by atoms with Gasteiger partial charge in [0.25, 0.3) is 0 Å². The lowest BCUT2D eigenvalue weighted by Crippen LogP contribution is -2.11. The highest BCUT2D eigenvalue weighted by atomic mass is 32.1. The summed E-state index contributed by atoms with van der Waals surface area (Å²) >= 11 is 1.50. The van der Waals surface area contributed by atoms with Crippen molar-refractivity contribution in [2.45, 2.75) is 26.7 Å². The van der Waals surface area contributed by atoms with E-state index in [0.717, 1.165) is 34.0 Å². The van der Waals surface area contributed by atoms with Crippen molar-refractivity contribution < 1.29 is 0 Å². The molecule has 18 heavy (non-hydrogen) atoms. The molecule has 2 rings (SSSR count). The number of aromatic nitrogens is 1. The minimum Gasteiger partial charge on any atom is -0.383 e. The summed E-state index contributed by atoms with van der Waals surface area (Å²) in [5.41, 5.74) is 8.91. The molecule has 0 saturated heterocycles. The molecule has 4 heteroatoms.